The van der Waals surface area contributed by atoms with Gasteiger partial charge in [-0.1, -0.05) is 6.58 Å². The molecule has 0 bridgehead atoms. The van der Waals surface area contributed by atoms with Crippen molar-refractivity contribution >= 4 is 17.6 Å². The number of benzene rings is 1. The van der Waals surface area contributed by atoms with E-state index in [4.69, 9.17) is 4.74 Å². The van der Waals surface area contributed by atoms with Crippen molar-refractivity contribution in [3.05, 3.63) is 42.5 Å². The Labute approximate surface area is 150 Å². The minimum atomic E-state index is -0.349. The summed E-state index contributed by atoms with van der Waals surface area (Å²) in [6.07, 6.45) is 5.46. The summed E-state index contributed by atoms with van der Waals surface area (Å²) in [5.74, 6) is -0.342. The van der Waals surface area contributed by atoms with Gasteiger partial charge in [-0.2, -0.15) is 0 Å². The van der Waals surface area contributed by atoms with Gasteiger partial charge >= 0.3 is 5.97 Å². The molecule has 0 aliphatic carbocycles. The second kappa shape index (κ2) is 8.81. The smallest absolute Gasteiger partial charge is 0.338 e. The number of likely N-dealkylation sites (tertiary alicyclic amines) is 1. The Bertz CT molecular complexity index is 604. The molecular formula is C20H29N2O3+. The van der Waals surface area contributed by atoms with E-state index in [1.165, 1.54) is 6.42 Å². The van der Waals surface area contributed by atoms with Crippen LogP contribution in [0.2, 0.25) is 0 Å². The Morgan fingerprint density at radius 3 is 2.44 bits per heavy atom. The summed E-state index contributed by atoms with van der Waals surface area (Å²) < 4.78 is 5.74. The number of nitrogens with zero attached hydrogens (tertiary/aromatic N) is 1. The molecule has 5 nitrogen and oxygen atoms in total. The highest BCUT2D eigenvalue weighted by Crippen LogP contribution is 2.24. The normalized spacial score (nSPS) is 17.4. The van der Waals surface area contributed by atoms with Gasteiger partial charge in [0.2, 0.25) is 0 Å². The molecule has 1 atom stereocenters. The summed E-state index contributed by atoms with van der Waals surface area (Å²) in [4.78, 5) is 24.4. The topological polar surface area (TPSA) is 55.4 Å². The van der Waals surface area contributed by atoms with Gasteiger partial charge in [0.25, 0.3) is 5.91 Å². The molecule has 5 heteroatoms. The first-order chi connectivity index (χ1) is 12.0. The van der Waals surface area contributed by atoms with Crippen molar-refractivity contribution in [1.82, 2.24) is 0 Å². The molecule has 1 aliphatic rings. The first-order valence-corrected chi connectivity index (χ1v) is 9.07. The van der Waals surface area contributed by atoms with E-state index in [1.807, 2.05) is 13.0 Å². The minimum Gasteiger partial charge on any atom is -0.462 e. The Morgan fingerprint density at radius 2 is 1.88 bits per heavy atom. The summed E-state index contributed by atoms with van der Waals surface area (Å²) in [7, 11) is 0. The van der Waals surface area contributed by atoms with Crippen LogP contribution in [0.25, 0.3) is 0 Å². The van der Waals surface area contributed by atoms with Gasteiger partial charge in [-0.3, -0.25) is 4.79 Å². The maximum atomic E-state index is 12.8. The first-order valence-electron chi connectivity index (χ1n) is 9.07. The third kappa shape index (κ3) is 4.69. The highest BCUT2D eigenvalue weighted by molar-refractivity contribution is 5.95. The van der Waals surface area contributed by atoms with Crippen LogP contribution in [0.1, 0.15) is 43.5 Å². The Kier molecular flexibility index (Phi) is 6.76. The molecule has 1 heterocycles. The number of amides is 1. The van der Waals surface area contributed by atoms with E-state index in [9.17, 15) is 9.59 Å². The average Bonchev–Trinajstić information content (AvgIpc) is 2.63. The lowest BCUT2D eigenvalue weighted by Crippen LogP contribution is -2.60. The van der Waals surface area contributed by atoms with Crippen molar-refractivity contribution in [1.29, 1.82) is 0 Å². The van der Waals surface area contributed by atoms with Crippen molar-refractivity contribution in [3.63, 3.8) is 0 Å². The van der Waals surface area contributed by atoms with Crippen LogP contribution >= 0.6 is 0 Å². The van der Waals surface area contributed by atoms with Crippen molar-refractivity contribution in [2.45, 2.75) is 39.2 Å². The lowest BCUT2D eigenvalue weighted by atomic mass is 10.0. The molecule has 1 amide bonds. The minimum absolute atomic E-state index is 0.00707. The summed E-state index contributed by atoms with van der Waals surface area (Å²) in [5.41, 5.74) is 1.18. The van der Waals surface area contributed by atoms with Gasteiger partial charge < -0.3 is 14.5 Å². The second-order valence-corrected chi connectivity index (χ2v) is 6.66. The van der Waals surface area contributed by atoms with Crippen LogP contribution in [0.4, 0.5) is 5.69 Å². The van der Waals surface area contributed by atoms with Crippen molar-refractivity contribution in [3.8, 4) is 0 Å². The zero-order valence-corrected chi connectivity index (χ0v) is 15.3. The van der Waals surface area contributed by atoms with E-state index >= 15 is 0 Å². The van der Waals surface area contributed by atoms with Crippen LogP contribution in [-0.4, -0.2) is 48.6 Å². The van der Waals surface area contributed by atoms with Crippen LogP contribution in [0.3, 0.4) is 0 Å². The number of esters is 1. The Morgan fingerprint density at radius 1 is 1.24 bits per heavy atom. The molecule has 1 aliphatic heterocycles. The number of quaternary nitrogens is 1. The number of hydrogen-bond acceptors (Lipinski definition) is 3. The number of ether oxygens (including phenoxy) is 1. The van der Waals surface area contributed by atoms with Gasteiger partial charge in [-0.05, 0) is 63.5 Å². The maximum Gasteiger partial charge on any atom is 0.338 e. The van der Waals surface area contributed by atoms with Gasteiger partial charge in [0.1, 0.15) is 0 Å². The van der Waals surface area contributed by atoms with Gasteiger partial charge in [0.05, 0.1) is 31.8 Å². The van der Waals surface area contributed by atoms with Gasteiger partial charge in [-0.15, -0.1) is 0 Å². The van der Waals surface area contributed by atoms with Crippen LogP contribution in [0.15, 0.2) is 36.9 Å². The number of carbonyl (C=O) groups excluding carboxylic acids is 2. The average molecular weight is 345 g/mol. The molecule has 25 heavy (non-hydrogen) atoms. The highest BCUT2D eigenvalue weighted by atomic mass is 16.5. The molecule has 136 valence electrons. The molecular weight excluding hydrogens is 316 g/mol. The van der Waals surface area contributed by atoms with E-state index < -0.39 is 0 Å². The zero-order chi connectivity index (χ0) is 18.3. The van der Waals surface area contributed by atoms with E-state index in [-0.39, 0.29) is 17.9 Å². The van der Waals surface area contributed by atoms with E-state index in [2.05, 4.69) is 11.9 Å². The summed E-state index contributed by atoms with van der Waals surface area (Å²) in [6.45, 7) is 10.8. The number of rotatable bonds is 7. The summed E-state index contributed by atoms with van der Waals surface area (Å²) in [6, 6.07) is 6.69. The molecule has 0 saturated carbocycles. The number of carbonyl (C=O) groups is 2. The molecule has 1 aromatic rings. The standard InChI is InChI=1S/C20H28N2O3/c1-4-13-22(14-7-6-8-15-22)16(3)19(23)21-18-11-9-17(10-12-18)20(24)25-5-2/h4,9-12,16H,1,5-8,13-15H2,2-3H3/p+1. The van der Waals surface area contributed by atoms with Crippen molar-refractivity contribution in [2.75, 3.05) is 31.6 Å². The third-order valence-corrected chi connectivity index (χ3v) is 5.06. The summed E-state index contributed by atoms with van der Waals surface area (Å²) >= 11 is 0. The van der Waals surface area contributed by atoms with Gasteiger partial charge in [-0.25, -0.2) is 4.79 Å². The lowest BCUT2D eigenvalue weighted by molar-refractivity contribution is -0.939. The van der Waals surface area contributed by atoms with Gasteiger partial charge in [0.15, 0.2) is 6.04 Å². The monoisotopic (exact) mass is 345 g/mol. The number of hydrogen-bond donors (Lipinski definition) is 1. The molecule has 1 saturated heterocycles. The van der Waals surface area contributed by atoms with E-state index in [1.54, 1.807) is 31.2 Å². The maximum absolute atomic E-state index is 12.8. The van der Waals surface area contributed by atoms with Crippen LogP contribution < -0.4 is 5.32 Å². The number of anilines is 1. The molecule has 0 spiro atoms. The largest absolute Gasteiger partial charge is 0.462 e. The molecule has 1 unspecified atom stereocenters. The quantitative estimate of drug-likeness (QED) is 0.468. The van der Waals surface area contributed by atoms with Crippen molar-refractivity contribution < 1.29 is 18.8 Å². The van der Waals surface area contributed by atoms with Crippen LogP contribution in [0.5, 0.6) is 0 Å². The fourth-order valence-electron chi connectivity index (χ4n) is 3.53. The predicted octanol–water partition coefficient (Wildman–Crippen LogP) is 3.38. The van der Waals surface area contributed by atoms with E-state index in [0.717, 1.165) is 37.0 Å². The fourth-order valence-corrected chi connectivity index (χ4v) is 3.53. The van der Waals surface area contributed by atoms with E-state index in [0.29, 0.717) is 17.9 Å². The molecule has 0 aromatic heterocycles. The Balaban J connectivity index is 2.04. The molecule has 1 fully saturated rings. The molecule has 1 aromatic carbocycles. The second-order valence-electron chi connectivity index (χ2n) is 6.66. The third-order valence-electron chi connectivity index (χ3n) is 5.06. The molecule has 2 rings (SSSR count). The van der Waals surface area contributed by atoms with Crippen molar-refractivity contribution in [2.24, 2.45) is 0 Å². The van der Waals surface area contributed by atoms with Crippen LogP contribution in [-0.2, 0) is 9.53 Å². The number of piperidine rings is 1. The highest BCUT2D eigenvalue weighted by Gasteiger charge is 2.38. The van der Waals surface area contributed by atoms with Crippen LogP contribution in [0, 0.1) is 0 Å². The molecule has 0 radical (unpaired) electrons. The number of nitrogens with one attached hydrogen (secondary N) is 1. The zero-order valence-electron chi connectivity index (χ0n) is 15.3. The fraction of sp³-hybridized carbons (Fsp3) is 0.500. The molecule has 1 N–H and O–H groups in total. The predicted molar refractivity (Wildman–Crippen MR) is 99.4 cm³/mol. The SMILES string of the molecule is C=CC[N+]1(C(C)C(=O)Nc2ccc(C(=O)OCC)cc2)CCCCC1. The summed E-state index contributed by atoms with van der Waals surface area (Å²) in [5, 5.41) is 2.98. The van der Waals surface area contributed by atoms with Gasteiger partial charge in [0, 0.05) is 5.69 Å². The Hall–Kier alpha value is -2.14. The lowest BCUT2D eigenvalue weighted by Gasteiger charge is -2.44. The first kappa shape index (κ1) is 19.2.